The first kappa shape index (κ1) is 12.2. The van der Waals surface area contributed by atoms with E-state index in [1.165, 1.54) is 12.1 Å². The molecule has 1 N–H and O–H groups in total. The molecular formula is C10H10F3NO2S. The van der Waals surface area contributed by atoms with Crippen LogP contribution in [0.5, 0.6) is 0 Å². The fraction of sp³-hybridized carbons (Fsp3) is 0.400. The molecular weight excluding hydrogens is 255 g/mol. The van der Waals surface area contributed by atoms with Crippen LogP contribution in [0.15, 0.2) is 23.1 Å². The molecule has 2 rings (SSSR count). The minimum absolute atomic E-state index is 0.0392. The van der Waals surface area contributed by atoms with Crippen LogP contribution in [0.4, 0.5) is 18.9 Å². The summed E-state index contributed by atoms with van der Waals surface area (Å²) in [5, 5.41) is 2.71. The van der Waals surface area contributed by atoms with Gasteiger partial charge in [-0.25, -0.2) is 8.42 Å². The molecule has 1 aliphatic rings. The van der Waals surface area contributed by atoms with Crippen LogP contribution in [0.25, 0.3) is 0 Å². The number of fused-ring (bicyclic) bond motifs is 1. The van der Waals surface area contributed by atoms with E-state index in [2.05, 4.69) is 5.32 Å². The molecule has 0 aliphatic carbocycles. The summed E-state index contributed by atoms with van der Waals surface area (Å²) in [5.41, 5.74) is -1.05. The second-order valence-electron chi connectivity index (χ2n) is 3.78. The number of rotatable bonds is 0. The first-order chi connectivity index (χ1) is 7.82. The fourth-order valence-electron chi connectivity index (χ4n) is 1.82. The van der Waals surface area contributed by atoms with Gasteiger partial charge in [-0.15, -0.1) is 0 Å². The zero-order valence-electron chi connectivity index (χ0n) is 8.71. The first-order valence-electron chi connectivity index (χ1n) is 4.99. The van der Waals surface area contributed by atoms with E-state index in [0.717, 1.165) is 6.07 Å². The second-order valence-corrected chi connectivity index (χ2v) is 5.83. The van der Waals surface area contributed by atoms with Gasteiger partial charge in [0, 0.05) is 6.54 Å². The summed E-state index contributed by atoms with van der Waals surface area (Å²) in [7, 11) is -3.87. The predicted octanol–water partition coefficient (Wildman–Crippen LogP) is 2.29. The Morgan fingerprint density at radius 1 is 1.24 bits per heavy atom. The van der Waals surface area contributed by atoms with E-state index in [1.54, 1.807) is 0 Å². The molecule has 0 saturated heterocycles. The molecule has 0 saturated carbocycles. The van der Waals surface area contributed by atoms with Gasteiger partial charge in [-0.3, -0.25) is 0 Å². The third-order valence-electron chi connectivity index (χ3n) is 2.54. The van der Waals surface area contributed by atoms with E-state index in [1.807, 2.05) is 0 Å². The monoisotopic (exact) mass is 265 g/mol. The van der Waals surface area contributed by atoms with Gasteiger partial charge in [0.2, 0.25) is 0 Å². The summed E-state index contributed by atoms with van der Waals surface area (Å²) in [6.45, 7) is 0.355. The molecule has 0 atom stereocenters. The lowest BCUT2D eigenvalue weighted by Crippen LogP contribution is -2.15. The molecule has 0 unspecified atom stereocenters. The van der Waals surface area contributed by atoms with Crippen molar-refractivity contribution in [2.45, 2.75) is 17.5 Å². The molecule has 17 heavy (non-hydrogen) atoms. The Hall–Kier alpha value is -1.24. The minimum atomic E-state index is -4.66. The molecule has 1 aliphatic heterocycles. The third-order valence-corrected chi connectivity index (χ3v) is 4.42. The van der Waals surface area contributed by atoms with Gasteiger partial charge in [-0.05, 0) is 18.6 Å². The summed E-state index contributed by atoms with van der Waals surface area (Å²) in [6, 6.07) is 3.35. The van der Waals surface area contributed by atoms with Gasteiger partial charge < -0.3 is 5.32 Å². The topological polar surface area (TPSA) is 46.2 Å². The summed E-state index contributed by atoms with van der Waals surface area (Å²) >= 11 is 0. The summed E-state index contributed by atoms with van der Waals surface area (Å²) in [4.78, 5) is -0.620. The number of anilines is 1. The van der Waals surface area contributed by atoms with Gasteiger partial charge in [-0.1, -0.05) is 6.07 Å². The lowest BCUT2D eigenvalue weighted by Gasteiger charge is -2.14. The summed E-state index contributed by atoms with van der Waals surface area (Å²) in [5.74, 6) is -0.264. The molecule has 0 radical (unpaired) electrons. The fourth-order valence-corrected chi connectivity index (χ4v) is 3.54. The van der Waals surface area contributed by atoms with Crippen molar-refractivity contribution in [3.8, 4) is 0 Å². The molecule has 1 heterocycles. The average molecular weight is 265 g/mol. The van der Waals surface area contributed by atoms with Gasteiger partial charge in [0.05, 0.1) is 17.0 Å². The van der Waals surface area contributed by atoms with Crippen molar-refractivity contribution in [2.75, 3.05) is 17.6 Å². The Labute approximate surface area is 96.6 Å². The Balaban J connectivity index is 2.74. The Kier molecular flexibility index (Phi) is 2.81. The molecule has 7 heteroatoms. The molecule has 1 aromatic carbocycles. The molecule has 0 bridgehead atoms. The van der Waals surface area contributed by atoms with Crippen molar-refractivity contribution < 1.29 is 21.6 Å². The van der Waals surface area contributed by atoms with Crippen LogP contribution < -0.4 is 5.32 Å². The smallest absolute Gasteiger partial charge is 0.384 e. The van der Waals surface area contributed by atoms with Crippen LogP contribution in [0, 0.1) is 0 Å². The first-order valence-corrected chi connectivity index (χ1v) is 6.64. The van der Waals surface area contributed by atoms with E-state index in [0.29, 0.717) is 13.0 Å². The molecule has 1 aromatic rings. The van der Waals surface area contributed by atoms with Crippen LogP contribution in [-0.2, 0) is 16.0 Å². The van der Waals surface area contributed by atoms with E-state index in [9.17, 15) is 21.6 Å². The second kappa shape index (κ2) is 3.90. The van der Waals surface area contributed by atoms with Gasteiger partial charge in [-0.2, -0.15) is 13.2 Å². The number of nitrogens with one attached hydrogen (secondary N) is 1. The van der Waals surface area contributed by atoms with Crippen LogP contribution in [0.1, 0.15) is 12.0 Å². The summed E-state index contributed by atoms with van der Waals surface area (Å²) in [6.07, 6.45) is -4.36. The Bertz CT molecular complexity index is 537. The normalized spacial score (nSPS) is 19.0. The van der Waals surface area contributed by atoms with Gasteiger partial charge >= 0.3 is 6.18 Å². The Morgan fingerprint density at radius 3 is 2.59 bits per heavy atom. The van der Waals surface area contributed by atoms with E-state index < -0.39 is 26.5 Å². The van der Waals surface area contributed by atoms with Crippen molar-refractivity contribution in [3.05, 3.63) is 23.8 Å². The van der Waals surface area contributed by atoms with E-state index in [4.69, 9.17) is 0 Å². The molecule has 94 valence electrons. The van der Waals surface area contributed by atoms with Crippen LogP contribution in [-0.4, -0.2) is 20.7 Å². The molecule has 0 fully saturated rings. The zero-order chi connectivity index (χ0) is 12.7. The number of hydrogen-bond acceptors (Lipinski definition) is 3. The number of hydrogen-bond donors (Lipinski definition) is 1. The maximum Gasteiger partial charge on any atom is 0.417 e. The van der Waals surface area contributed by atoms with Crippen LogP contribution in [0.3, 0.4) is 0 Å². The lowest BCUT2D eigenvalue weighted by molar-refractivity contribution is -0.139. The highest BCUT2D eigenvalue weighted by molar-refractivity contribution is 7.91. The largest absolute Gasteiger partial charge is 0.417 e. The van der Waals surface area contributed by atoms with Crippen molar-refractivity contribution in [1.82, 2.24) is 0 Å². The Morgan fingerprint density at radius 2 is 1.94 bits per heavy atom. The highest BCUT2D eigenvalue weighted by Crippen LogP contribution is 2.39. The van der Waals surface area contributed by atoms with Crippen LogP contribution in [0.2, 0.25) is 0 Å². The number of halogens is 3. The van der Waals surface area contributed by atoms with Gasteiger partial charge in [0.25, 0.3) is 0 Å². The maximum atomic E-state index is 12.8. The predicted molar refractivity (Wildman–Crippen MR) is 56.6 cm³/mol. The average Bonchev–Trinajstić information content (AvgIpc) is 2.36. The molecule has 0 amide bonds. The van der Waals surface area contributed by atoms with Crippen molar-refractivity contribution in [3.63, 3.8) is 0 Å². The van der Waals surface area contributed by atoms with Gasteiger partial charge in [0.15, 0.2) is 9.84 Å². The maximum absolute atomic E-state index is 12.8. The SMILES string of the molecule is O=S1(=O)CCCNc2cccc(C(F)(F)F)c21. The number of alkyl halides is 3. The zero-order valence-corrected chi connectivity index (χ0v) is 9.53. The highest BCUT2D eigenvalue weighted by atomic mass is 32.2. The van der Waals surface area contributed by atoms with Crippen LogP contribution >= 0.6 is 0 Å². The summed E-state index contributed by atoms with van der Waals surface area (Å²) < 4.78 is 61.9. The van der Waals surface area contributed by atoms with Crippen molar-refractivity contribution in [1.29, 1.82) is 0 Å². The highest BCUT2D eigenvalue weighted by Gasteiger charge is 2.39. The lowest BCUT2D eigenvalue weighted by atomic mass is 10.2. The standard InChI is InChI=1S/C10H10F3NO2S/c11-10(12,13)7-3-1-4-8-9(7)17(15,16)6-2-5-14-8/h1,3-4,14H,2,5-6H2. The third kappa shape index (κ3) is 2.24. The van der Waals surface area contributed by atoms with Crippen molar-refractivity contribution >= 4 is 15.5 Å². The number of benzene rings is 1. The van der Waals surface area contributed by atoms with Crippen molar-refractivity contribution in [2.24, 2.45) is 0 Å². The molecule has 0 spiro atoms. The van der Waals surface area contributed by atoms with Gasteiger partial charge in [0.1, 0.15) is 4.90 Å². The quantitative estimate of drug-likeness (QED) is 0.783. The number of sulfone groups is 1. The van der Waals surface area contributed by atoms with E-state index >= 15 is 0 Å². The molecule has 3 nitrogen and oxygen atoms in total. The minimum Gasteiger partial charge on any atom is -0.384 e. The van der Waals surface area contributed by atoms with E-state index in [-0.39, 0.29) is 11.4 Å². The molecule has 0 aromatic heterocycles.